The number of halogens is 2. The molecule has 0 radical (unpaired) electrons. The van der Waals surface area contributed by atoms with Crippen molar-refractivity contribution >= 4 is 11.8 Å². The van der Waals surface area contributed by atoms with Gasteiger partial charge in [0.15, 0.2) is 0 Å². The molecule has 162 valence electrons. The van der Waals surface area contributed by atoms with Gasteiger partial charge in [0.25, 0.3) is 11.8 Å². The van der Waals surface area contributed by atoms with Gasteiger partial charge in [-0.25, -0.2) is 13.8 Å². The van der Waals surface area contributed by atoms with Crippen LogP contribution in [0.4, 0.5) is 8.78 Å². The number of rotatable bonds is 5. The molecule has 0 bridgehead atoms. The Labute approximate surface area is 177 Å². The normalized spacial score (nSPS) is 12.4. The van der Waals surface area contributed by atoms with Crippen molar-refractivity contribution < 1.29 is 18.4 Å². The zero-order chi connectivity index (χ0) is 22.6. The fourth-order valence-electron chi connectivity index (χ4n) is 3.61. The lowest BCUT2D eigenvalue weighted by molar-refractivity contribution is 0.0268. The SMILES string of the molecule is CCCC(N(NC(=O)c1c(F)cccc1F)C(=O)c1cc(C)cc(C)c1)C(C)(C)C. The van der Waals surface area contributed by atoms with Crippen molar-refractivity contribution in [3.63, 3.8) is 0 Å². The summed E-state index contributed by atoms with van der Waals surface area (Å²) in [5, 5.41) is 1.24. The summed E-state index contributed by atoms with van der Waals surface area (Å²) in [6.45, 7) is 11.6. The van der Waals surface area contributed by atoms with E-state index in [-0.39, 0.29) is 11.5 Å². The standard InChI is InChI=1S/C24H30F2N2O2/c1-7-9-20(24(4,5)6)28(23(30)17-13-15(2)12-16(3)14-17)27-22(29)21-18(25)10-8-11-19(21)26/h8,10-14,20H,7,9H2,1-6H3,(H,27,29). The average Bonchev–Trinajstić information content (AvgIpc) is 2.62. The maximum atomic E-state index is 14.2. The molecule has 2 rings (SSSR count). The molecule has 2 aromatic carbocycles. The summed E-state index contributed by atoms with van der Waals surface area (Å²) < 4.78 is 28.3. The highest BCUT2D eigenvalue weighted by atomic mass is 19.1. The number of carbonyl (C=O) groups is 2. The molecule has 0 aliphatic carbocycles. The summed E-state index contributed by atoms with van der Waals surface area (Å²) >= 11 is 0. The van der Waals surface area contributed by atoms with E-state index in [1.165, 1.54) is 11.1 Å². The molecular formula is C24H30F2N2O2. The van der Waals surface area contributed by atoms with Crippen molar-refractivity contribution in [2.24, 2.45) is 5.41 Å². The fraction of sp³-hybridized carbons (Fsp3) is 0.417. The van der Waals surface area contributed by atoms with E-state index in [1.54, 1.807) is 12.1 Å². The number of benzene rings is 2. The predicted molar refractivity (Wildman–Crippen MR) is 114 cm³/mol. The number of hydrogen-bond donors (Lipinski definition) is 1. The van der Waals surface area contributed by atoms with E-state index >= 15 is 0 Å². The summed E-state index contributed by atoms with van der Waals surface area (Å²) in [6, 6.07) is 8.27. The van der Waals surface area contributed by atoms with Crippen LogP contribution in [0.5, 0.6) is 0 Å². The Hall–Kier alpha value is -2.76. The Morgan fingerprint density at radius 2 is 1.57 bits per heavy atom. The van der Waals surface area contributed by atoms with Crippen LogP contribution < -0.4 is 5.43 Å². The number of hydrazine groups is 1. The Balaban J connectivity index is 2.52. The van der Waals surface area contributed by atoms with E-state index < -0.39 is 29.0 Å². The van der Waals surface area contributed by atoms with Gasteiger partial charge in [-0.15, -0.1) is 0 Å². The molecule has 0 aliphatic rings. The highest BCUT2D eigenvalue weighted by molar-refractivity contribution is 5.99. The van der Waals surface area contributed by atoms with Gasteiger partial charge in [0, 0.05) is 5.56 Å². The molecule has 0 heterocycles. The van der Waals surface area contributed by atoms with Gasteiger partial charge >= 0.3 is 0 Å². The first-order valence-corrected chi connectivity index (χ1v) is 10.1. The smallest absolute Gasteiger partial charge is 0.267 e. The van der Waals surface area contributed by atoms with Crippen LogP contribution in [-0.2, 0) is 0 Å². The minimum absolute atomic E-state index is 0.380. The van der Waals surface area contributed by atoms with E-state index in [9.17, 15) is 18.4 Å². The summed E-state index contributed by atoms with van der Waals surface area (Å²) in [4.78, 5) is 26.3. The third-order valence-electron chi connectivity index (χ3n) is 4.97. The first kappa shape index (κ1) is 23.5. The second kappa shape index (κ2) is 9.37. The van der Waals surface area contributed by atoms with E-state index in [2.05, 4.69) is 5.43 Å². The first-order chi connectivity index (χ1) is 14.0. The first-order valence-electron chi connectivity index (χ1n) is 10.1. The maximum Gasteiger partial charge on any atom is 0.275 e. The van der Waals surface area contributed by atoms with E-state index in [0.717, 1.165) is 29.7 Å². The molecular weight excluding hydrogens is 386 g/mol. The molecule has 6 heteroatoms. The van der Waals surface area contributed by atoms with Crippen molar-refractivity contribution in [1.29, 1.82) is 0 Å². The number of nitrogens with zero attached hydrogens (tertiary/aromatic N) is 1. The number of aryl methyl sites for hydroxylation is 2. The third kappa shape index (κ3) is 5.43. The van der Waals surface area contributed by atoms with Crippen LogP contribution in [0.25, 0.3) is 0 Å². The molecule has 4 nitrogen and oxygen atoms in total. The molecule has 0 saturated heterocycles. The molecule has 1 atom stereocenters. The van der Waals surface area contributed by atoms with Gasteiger partial charge in [0.2, 0.25) is 0 Å². The lowest BCUT2D eigenvalue weighted by Crippen LogP contribution is -2.56. The van der Waals surface area contributed by atoms with E-state index in [4.69, 9.17) is 0 Å². The second-order valence-electron chi connectivity index (χ2n) is 8.76. The van der Waals surface area contributed by atoms with Gasteiger partial charge in [-0.1, -0.05) is 57.4 Å². The Bertz CT molecular complexity index is 895. The minimum Gasteiger partial charge on any atom is -0.267 e. The largest absolute Gasteiger partial charge is 0.275 e. The van der Waals surface area contributed by atoms with Crippen LogP contribution in [0.15, 0.2) is 36.4 Å². The van der Waals surface area contributed by atoms with Crippen LogP contribution in [0.1, 0.15) is 72.4 Å². The highest BCUT2D eigenvalue weighted by Crippen LogP contribution is 2.29. The number of nitrogens with one attached hydrogen (secondary N) is 1. The summed E-state index contributed by atoms with van der Waals surface area (Å²) in [5.74, 6) is -3.36. The van der Waals surface area contributed by atoms with Gasteiger partial charge in [0.05, 0.1) is 6.04 Å². The van der Waals surface area contributed by atoms with Gasteiger partial charge in [-0.2, -0.15) is 0 Å². The summed E-state index contributed by atoms with van der Waals surface area (Å²) in [7, 11) is 0. The van der Waals surface area contributed by atoms with Gasteiger partial charge < -0.3 is 0 Å². The number of carbonyl (C=O) groups excluding carboxylic acids is 2. The molecule has 0 fully saturated rings. The third-order valence-corrected chi connectivity index (χ3v) is 4.97. The molecule has 0 aliphatic heterocycles. The summed E-state index contributed by atoms with van der Waals surface area (Å²) in [6.07, 6.45) is 1.38. The zero-order valence-electron chi connectivity index (χ0n) is 18.5. The molecule has 30 heavy (non-hydrogen) atoms. The predicted octanol–water partition coefficient (Wildman–Crippen LogP) is 5.58. The van der Waals surface area contributed by atoms with Crippen molar-refractivity contribution in [2.75, 3.05) is 0 Å². The Morgan fingerprint density at radius 1 is 1.03 bits per heavy atom. The molecule has 2 aromatic rings. The molecule has 0 saturated carbocycles. The van der Waals surface area contributed by atoms with Crippen LogP contribution in [0.3, 0.4) is 0 Å². The van der Waals surface area contributed by atoms with Crippen molar-refractivity contribution in [3.05, 3.63) is 70.3 Å². The summed E-state index contributed by atoms with van der Waals surface area (Å²) in [5.41, 5.74) is 3.65. The topological polar surface area (TPSA) is 49.4 Å². The van der Waals surface area contributed by atoms with Crippen LogP contribution in [0.2, 0.25) is 0 Å². The van der Waals surface area contributed by atoms with Crippen molar-refractivity contribution in [2.45, 2.75) is 60.4 Å². The van der Waals surface area contributed by atoms with Gasteiger partial charge in [0.1, 0.15) is 17.2 Å². The zero-order valence-corrected chi connectivity index (χ0v) is 18.5. The average molecular weight is 417 g/mol. The molecule has 1 unspecified atom stereocenters. The minimum atomic E-state index is -0.992. The monoisotopic (exact) mass is 416 g/mol. The quantitative estimate of drug-likeness (QED) is 0.647. The molecule has 0 aromatic heterocycles. The van der Waals surface area contributed by atoms with Crippen molar-refractivity contribution in [1.82, 2.24) is 10.4 Å². The van der Waals surface area contributed by atoms with Gasteiger partial charge in [-0.3, -0.25) is 15.0 Å². The lowest BCUT2D eigenvalue weighted by Gasteiger charge is -2.40. The number of amides is 2. The van der Waals surface area contributed by atoms with Gasteiger partial charge in [-0.05, 0) is 49.9 Å². The van der Waals surface area contributed by atoms with E-state index in [0.29, 0.717) is 12.0 Å². The Morgan fingerprint density at radius 3 is 2.03 bits per heavy atom. The second-order valence-corrected chi connectivity index (χ2v) is 8.76. The molecule has 0 spiro atoms. The molecule has 1 N–H and O–H groups in total. The Kier molecular flexibility index (Phi) is 7.34. The van der Waals surface area contributed by atoms with Crippen molar-refractivity contribution in [3.8, 4) is 0 Å². The van der Waals surface area contributed by atoms with E-state index in [1.807, 2.05) is 47.6 Å². The number of hydrogen-bond acceptors (Lipinski definition) is 2. The van der Waals surface area contributed by atoms with Crippen LogP contribution >= 0.6 is 0 Å². The molecule has 2 amide bonds. The van der Waals surface area contributed by atoms with Crippen LogP contribution in [0, 0.1) is 30.9 Å². The highest BCUT2D eigenvalue weighted by Gasteiger charge is 2.35. The van der Waals surface area contributed by atoms with Crippen LogP contribution in [-0.4, -0.2) is 22.9 Å². The fourth-order valence-corrected chi connectivity index (χ4v) is 3.61. The lowest BCUT2D eigenvalue weighted by atomic mass is 9.83. The maximum absolute atomic E-state index is 14.2.